The molecule has 0 unspecified atom stereocenters. The van der Waals surface area contributed by atoms with Gasteiger partial charge >= 0.3 is 5.97 Å². The predicted octanol–water partition coefficient (Wildman–Crippen LogP) is 0.570. The highest BCUT2D eigenvalue weighted by atomic mass is 32.2. The van der Waals surface area contributed by atoms with Crippen LogP contribution in [0.4, 0.5) is 5.69 Å². The third kappa shape index (κ3) is 2.73. The Morgan fingerprint density at radius 3 is 2.79 bits per heavy atom. The van der Waals surface area contributed by atoms with Crippen LogP contribution < -0.4 is 11.1 Å². The van der Waals surface area contributed by atoms with Crippen LogP contribution in [0.25, 0.3) is 0 Å². The second kappa shape index (κ2) is 6.20. The second-order valence-electron chi connectivity index (χ2n) is 5.76. The average Bonchev–Trinajstić information content (AvgIpc) is 2.54. The zero-order valence-corrected chi connectivity index (χ0v) is 13.8. The monoisotopic (exact) mass is 347 g/mol. The molecule has 2 atom stereocenters. The number of anilines is 1. The third-order valence-electron chi connectivity index (χ3n) is 4.08. The molecule has 8 heteroatoms. The van der Waals surface area contributed by atoms with Gasteiger partial charge in [0.25, 0.3) is 5.91 Å². The topological polar surface area (TPSA) is 113 Å². The molecule has 0 aromatic heterocycles. The van der Waals surface area contributed by atoms with Crippen molar-refractivity contribution >= 4 is 35.2 Å². The van der Waals surface area contributed by atoms with Crippen molar-refractivity contribution in [1.29, 1.82) is 0 Å². The fourth-order valence-electron chi connectivity index (χ4n) is 2.87. The summed E-state index contributed by atoms with van der Waals surface area (Å²) in [6.45, 7) is 1.70. The number of para-hydroxylation sites is 1. The smallest absolute Gasteiger partial charge is 0.352 e. The van der Waals surface area contributed by atoms with Crippen molar-refractivity contribution in [3.05, 3.63) is 41.1 Å². The number of carbonyl (C=O) groups excluding carboxylic acids is 2. The first kappa shape index (κ1) is 16.4. The van der Waals surface area contributed by atoms with Crippen LogP contribution in [0.15, 0.2) is 35.5 Å². The number of fused-ring (bicyclic) bond motifs is 1. The van der Waals surface area contributed by atoms with Gasteiger partial charge < -0.3 is 16.2 Å². The minimum atomic E-state index is -1.12. The minimum Gasteiger partial charge on any atom is -0.477 e. The van der Waals surface area contributed by atoms with Crippen molar-refractivity contribution in [2.24, 2.45) is 0 Å². The van der Waals surface area contributed by atoms with Crippen LogP contribution in [0.1, 0.15) is 12.5 Å². The summed E-state index contributed by atoms with van der Waals surface area (Å²) in [6, 6.07) is 6.34. The number of nitrogens with two attached hydrogens (primary N) is 1. The van der Waals surface area contributed by atoms with Crippen molar-refractivity contribution in [1.82, 2.24) is 10.2 Å². The van der Waals surface area contributed by atoms with Gasteiger partial charge in [0.15, 0.2) is 0 Å². The number of nitrogen functional groups attached to an aromatic ring is 1. The molecule has 1 aromatic rings. The summed E-state index contributed by atoms with van der Waals surface area (Å²) >= 11 is 1.45. The average molecular weight is 347 g/mol. The summed E-state index contributed by atoms with van der Waals surface area (Å²) in [7, 11) is 0. The number of amides is 2. The van der Waals surface area contributed by atoms with Gasteiger partial charge in [0.1, 0.15) is 17.1 Å². The molecule has 1 aromatic carbocycles. The number of rotatable bonds is 4. The molecule has 7 nitrogen and oxygen atoms in total. The number of aliphatic carboxylic acids is 1. The van der Waals surface area contributed by atoms with E-state index in [-0.39, 0.29) is 23.4 Å². The van der Waals surface area contributed by atoms with E-state index in [2.05, 4.69) is 5.32 Å². The van der Waals surface area contributed by atoms with Crippen molar-refractivity contribution in [3.63, 3.8) is 0 Å². The van der Waals surface area contributed by atoms with E-state index in [4.69, 9.17) is 5.73 Å². The standard InChI is InChI=1S/C16H17N3O4S/c1-8-7-24-15-12(14(21)19(15)13(8)16(22)23)18-11(20)6-9-4-2-3-5-10(9)17/h2-5,12,15H,6-7,17H2,1H3,(H,18,20)(H,22,23)/t12-,15-/m1/s1. The van der Waals surface area contributed by atoms with Gasteiger partial charge in [0.05, 0.1) is 6.42 Å². The molecule has 0 radical (unpaired) electrons. The number of carboxylic acid groups (broad SMARTS) is 1. The summed E-state index contributed by atoms with van der Waals surface area (Å²) in [6.07, 6.45) is 0.0779. The Balaban J connectivity index is 1.68. The summed E-state index contributed by atoms with van der Waals surface area (Å²) in [4.78, 5) is 37.1. The Morgan fingerprint density at radius 1 is 1.42 bits per heavy atom. The lowest BCUT2D eigenvalue weighted by molar-refractivity contribution is -0.150. The van der Waals surface area contributed by atoms with E-state index in [0.717, 1.165) is 0 Å². The van der Waals surface area contributed by atoms with Crippen LogP contribution in [0, 0.1) is 0 Å². The Morgan fingerprint density at radius 2 is 2.12 bits per heavy atom. The molecule has 0 spiro atoms. The maximum atomic E-state index is 12.3. The van der Waals surface area contributed by atoms with E-state index in [9.17, 15) is 19.5 Å². The van der Waals surface area contributed by atoms with Crippen molar-refractivity contribution in [3.8, 4) is 0 Å². The van der Waals surface area contributed by atoms with Crippen LogP contribution in [-0.2, 0) is 20.8 Å². The molecular weight excluding hydrogens is 330 g/mol. The molecular formula is C16H17N3O4S. The largest absolute Gasteiger partial charge is 0.477 e. The Bertz CT molecular complexity index is 761. The van der Waals surface area contributed by atoms with Crippen LogP contribution in [0.2, 0.25) is 0 Å². The fraction of sp³-hybridized carbons (Fsp3) is 0.312. The fourth-order valence-corrected chi connectivity index (χ4v) is 4.16. The summed E-state index contributed by atoms with van der Waals surface area (Å²) in [5.74, 6) is -1.30. The molecule has 1 saturated heterocycles. The minimum absolute atomic E-state index is 0.0292. The molecule has 2 amide bonds. The molecule has 2 heterocycles. The van der Waals surface area contributed by atoms with Crippen molar-refractivity contribution in [2.45, 2.75) is 24.8 Å². The molecule has 0 bridgehead atoms. The molecule has 0 saturated carbocycles. The van der Waals surface area contributed by atoms with E-state index < -0.39 is 17.9 Å². The maximum Gasteiger partial charge on any atom is 0.352 e. The van der Waals surface area contributed by atoms with E-state index in [1.54, 1.807) is 31.2 Å². The number of β-lactam (4-membered cyclic amide) rings is 1. The maximum absolute atomic E-state index is 12.3. The van der Waals surface area contributed by atoms with Gasteiger partial charge in [-0.25, -0.2) is 4.79 Å². The number of nitrogens with one attached hydrogen (secondary N) is 1. The number of hydrogen-bond acceptors (Lipinski definition) is 5. The van der Waals surface area contributed by atoms with Gasteiger partial charge in [-0.05, 0) is 24.1 Å². The first-order valence-electron chi connectivity index (χ1n) is 7.40. The van der Waals surface area contributed by atoms with Crippen LogP contribution >= 0.6 is 11.8 Å². The van der Waals surface area contributed by atoms with Gasteiger partial charge in [-0.3, -0.25) is 14.5 Å². The highest BCUT2D eigenvalue weighted by Gasteiger charge is 2.53. The Hall–Kier alpha value is -2.48. The molecule has 4 N–H and O–H groups in total. The second-order valence-corrected chi connectivity index (χ2v) is 6.87. The summed E-state index contributed by atoms with van der Waals surface area (Å²) in [5.41, 5.74) is 7.71. The molecule has 2 aliphatic heterocycles. The third-order valence-corrected chi connectivity index (χ3v) is 5.51. The molecule has 1 fully saturated rings. The van der Waals surface area contributed by atoms with Crippen LogP contribution in [0.5, 0.6) is 0 Å². The predicted molar refractivity (Wildman–Crippen MR) is 89.9 cm³/mol. The number of thioether (sulfide) groups is 1. The number of hydrogen-bond donors (Lipinski definition) is 3. The highest BCUT2D eigenvalue weighted by Crippen LogP contribution is 2.40. The Kier molecular flexibility index (Phi) is 4.23. The zero-order chi connectivity index (χ0) is 17.4. The van der Waals surface area contributed by atoms with Gasteiger partial charge in [-0.15, -0.1) is 11.8 Å². The Labute approximate surface area is 142 Å². The number of carbonyl (C=O) groups is 3. The first-order chi connectivity index (χ1) is 11.4. The number of benzene rings is 1. The van der Waals surface area contributed by atoms with Crippen LogP contribution in [-0.4, -0.2) is 45.0 Å². The summed E-state index contributed by atoms with van der Waals surface area (Å²) < 4.78 is 0. The number of carboxylic acids is 1. The van der Waals surface area contributed by atoms with Gasteiger partial charge in [-0.2, -0.15) is 0 Å². The SMILES string of the molecule is CC1=C(C(=O)O)N2C(=O)[C@@H](NC(=O)Cc3ccccc3N)[C@H]2SC1. The molecule has 3 rings (SSSR count). The molecule has 0 aliphatic carbocycles. The molecule has 2 aliphatic rings. The lowest BCUT2D eigenvalue weighted by Gasteiger charge is -2.49. The van der Waals surface area contributed by atoms with Crippen molar-refractivity contribution in [2.75, 3.05) is 11.5 Å². The normalized spacial score (nSPS) is 22.7. The van der Waals surface area contributed by atoms with E-state index in [1.807, 2.05) is 0 Å². The molecule has 24 heavy (non-hydrogen) atoms. The lowest BCUT2D eigenvalue weighted by Crippen LogP contribution is -2.70. The van der Waals surface area contributed by atoms with E-state index >= 15 is 0 Å². The van der Waals surface area contributed by atoms with Gasteiger partial charge in [0.2, 0.25) is 5.91 Å². The summed E-state index contributed by atoms with van der Waals surface area (Å²) in [5, 5.41) is 11.6. The quantitative estimate of drug-likeness (QED) is 0.542. The van der Waals surface area contributed by atoms with Crippen molar-refractivity contribution < 1.29 is 19.5 Å². The number of nitrogens with zero attached hydrogens (tertiary/aromatic N) is 1. The molecule has 126 valence electrons. The van der Waals surface area contributed by atoms with E-state index in [1.165, 1.54) is 16.7 Å². The zero-order valence-electron chi connectivity index (χ0n) is 13.0. The lowest BCUT2D eigenvalue weighted by atomic mass is 10.0. The van der Waals surface area contributed by atoms with Crippen LogP contribution in [0.3, 0.4) is 0 Å². The van der Waals surface area contributed by atoms with Gasteiger partial charge in [0, 0.05) is 11.4 Å². The first-order valence-corrected chi connectivity index (χ1v) is 8.45. The van der Waals surface area contributed by atoms with E-state index in [0.29, 0.717) is 22.6 Å². The highest BCUT2D eigenvalue weighted by molar-refractivity contribution is 8.00. The van der Waals surface area contributed by atoms with Gasteiger partial charge in [-0.1, -0.05) is 18.2 Å².